The van der Waals surface area contributed by atoms with Gasteiger partial charge in [-0.05, 0) is 80.8 Å². The van der Waals surface area contributed by atoms with Gasteiger partial charge in [0.25, 0.3) is 0 Å². The molecule has 0 spiro atoms. The lowest BCUT2D eigenvalue weighted by atomic mass is 9.88. The summed E-state index contributed by atoms with van der Waals surface area (Å²) in [5, 5.41) is 0. The van der Waals surface area contributed by atoms with Crippen LogP contribution in [0, 0.1) is 20.8 Å². The van der Waals surface area contributed by atoms with E-state index in [0.717, 1.165) is 40.8 Å². The third-order valence-electron chi connectivity index (χ3n) is 3.83. The van der Waals surface area contributed by atoms with Crippen molar-refractivity contribution in [3.8, 4) is 5.75 Å². The monoisotopic (exact) mass is 267 g/mol. The molecule has 0 amide bonds. The van der Waals surface area contributed by atoms with Gasteiger partial charge in [-0.15, -0.1) is 0 Å². The molecule has 0 aliphatic carbocycles. The Hall–Kier alpha value is -0.870. The van der Waals surface area contributed by atoms with E-state index in [9.17, 15) is 8.76 Å². The second-order valence-corrected chi connectivity index (χ2v) is 6.49. The van der Waals surface area contributed by atoms with Gasteiger partial charge < -0.3 is 9.29 Å². The number of hydrogen-bond donors (Lipinski definition) is 0. The third-order valence-corrected chi connectivity index (χ3v) is 4.78. The minimum Gasteiger partial charge on any atom is -0.768 e. The number of hydrogen-bond acceptors (Lipinski definition) is 3. The highest BCUT2D eigenvalue weighted by molar-refractivity contribution is 7.79. The quantitative estimate of drug-likeness (QED) is 0.735. The second kappa shape index (κ2) is 4.35. The van der Waals surface area contributed by atoms with Crippen LogP contribution in [0.25, 0.3) is 0 Å². The van der Waals surface area contributed by atoms with Crippen LogP contribution >= 0.6 is 0 Å². The van der Waals surface area contributed by atoms with Crippen LogP contribution in [0.4, 0.5) is 0 Å². The molecule has 1 aliphatic heterocycles. The Bertz CT molecular complexity index is 533. The standard InChI is InChI=1S/C14H20O3S/c1-8-9(2)13(18(15)16)10(3)11-6-7-14(4,5)17-12(8)11/h6-7H2,1-5H3,(H,15,16)/p-1. The molecule has 1 aromatic carbocycles. The minimum absolute atomic E-state index is 0.172. The largest absolute Gasteiger partial charge is 0.768 e. The van der Waals surface area contributed by atoms with Crippen LogP contribution in [0.3, 0.4) is 0 Å². The summed E-state index contributed by atoms with van der Waals surface area (Å²) in [7, 11) is 0. The van der Waals surface area contributed by atoms with E-state index in [1.807, 2.05) is 20.8 Å². The predicted octanol–water partition coefficient (Wildman–Crippen LogP) is 2.95. The summed E-state index contributed by atoms with van der Waals surface area (Å²) in [6.07, 6.45) is 1.79. The summed E-state index contributed by atoms with van der Waals surface area (Å²) >= 11 is -2.19. The molecule has 0 fully saturated rings. The molecule has 0 saturated carbocycles. The molecule has 1 unspecified atom stereocenters. The van der Waals surface area contributed by atoms with E-state index in [1.54, 1.807) is 0 Å². The average molecular weight is 267 g/mol. The fourth-order valence-electron chi connectivity index (χ4n) is 2.60. The average Bonchev–Trinajstić information content (AvgIpc) is 2.24. The topological polar surface area (TPSA) is 49.4 Å². The Morgan fingerprint density at radius 1 is 1.17 bits per heavy atom. The van der Waals surface area contributed by atoms with Gasteiger partial charge in [-0.1, -0.05) is 0 Å². The zero-order valence-electron chi connectivity index (χ0n) is 11.5. The predicted molar refractivity (Wildman–Crippen MR) is 70.9 cm³/mol. The number of ether oxygens (including phenoxy) is 1. The van der Waals surface area contributed by atoms with Gasteiger partial charge in [0.05, 0.1) is 0 Å². The second-order valence-electron chi connectivity index (χ2n) is 5.61. The molecule has 3 nitrogen and oxygen atoms in total. The lowest BCUT2D eigenvalue weighted by Crippen LogP contribution is -2.33. The number of benzene rings is 1. The lowest BCUT2D eigenvalue weighted by molar-refractivity contribution is 0.0832. The van der Waals surface area contributed by atoms with Crippen molar-refractivity contribution >= 4 is 11.1 Å². The summed E-state index contributed by atoms with van der Waals surface area (Å²) in [6, 6.07) is 0. The van der Waals surface area contributed by atoms with Gasteiger partial charge in [0.2, 0.25) is 0 Å². The van der Waals surface area contributed by atoms with Crippen molar-refractivity contribution in [2.24, 2.45) is 0 Å². The highest BCUT2D eigenvalue weighted by Crippen LogP contribution is 2.41. The summed E-state index contributed by atoms with van der Waals surface area (Å²) in [4.78, 5) is 0.439. The molecule has 0 radical (unpaired) electrons. The number of fused-ring (bicyclic) bond motifs is 1. The van der Waals surface area contributed by atoms with E-state index in [2.05, 4.69) is 13.8 Å². The Kier molecular flexibility index (Phi) is 3.28. The van der Waals surface area contributed by atoms with Crippen molar-refractivity contribution in [2.45, 2.75) is 58.0 Å². The van der Waals surface area contributed by atoms with Crippen LogP contribution < -0.4 is 4.74 Å². The summed E-state index contributed by atoms with van der Waals surface area (Å²) in [6.45, 7) is 9.79. The first-order valence-corrected chi connectivity index (χ1v) is 7.23. The third kappa shape index (κ3) is 2.08. The Labute approximate surface area is 111 Å². The fourth-order valence-corrected chi connectivity index (χ4v) is 3.37. The molecule has 2 rings (SSSR count). The molecule has 1 heterocycles. The van der Waals surface area contributed by atoms with E-state index in [1.165, 1.54) is 0 Å². The van der Waals surface area contributed by atoms with Gasteiger partial charge in [0.15, 0.2) is 0 Å². The van der Waals surface area contributed by atoms with Crippen molar-refractivity contribution in [3.63, 3.8) is 0 Å². The molecule has 1 atom stereocenters. The van der Waals surface area contributed by atoms with Crippen LogP contribution in [-0.4, -0.2) is 14.4 Å². The van der Waals surface area contributed by atoms with E-state index in [4.69, 9.17) is 4.74 Å². The molecular weight excluding hydrogens is 248 g/mol. The Morgan fingerprint density at radius 3 is 2.33 bits per heavy atom. The van der Waals surface area contributed by atoms with Crippen molar-refractivity contribution in [1.82, 2.24) is 0 Å². The SMILES string of the molecule is Cc1c(C)c(S(=O)[O-])c(C)c2c1OC(C)(C)CC2. The molecular formula is C14H19O3S-. The summed E-state index contributed by atoms with van der Waals surface area (Å²) in [5.74, 6) is 0.885. The smallest absolute Gasteiger partial charge is 0.126 e. The normalized spacial score (nSPS) is 19.0. The summed E-state index contributed by atoms with van der Waals surface area (Å²) in [5.41, 5.74) is 3.47. The van der Waals surface area contributed by atoms with Crippen LogP contribution in [0.5, 0.6) is 5.75 Å². The molecule has 1 aromatic rings. The fraction of sp³-hybridized carbons (Fsp3) is 0.571. The molecule has 4 heteroatoms. The molecule has 0 saturated heterocycles. The van der Waals surface area contributed by atoms with Gasteiger partial charge in [-0.2, -0.15) is 0 Å². The van der Waals surface area contributed by atoms with E-state index in [-0.39, 0.29) is 5.60 Å². The van der Waals surface area contributed by atoms with Gasteiger partial charge in [0, 0.05) is 4.90 Å². The molecule has 0 aromatic heterocycles. The highest BCUT2D eigenvalue weighted by Gasteiger charge is 2.30. The lowest BCUT2D eigenvalue weighted by Gasteiger charge is -2.36. The first-order chi connectivity index (χ1) is 8.24. The van der Waals surface area contributed by atoms with Crippen LogP contribution in [0.2, 0.25) is 0 Å². The van der Waals surface area contributed by atoms with Crippen molar-refractivity contribution < 1.29 is 13.5 Å². The Morgan fingerprint density at radius 2 is 1.78 bits per heavy atom. The van der Waals surface area contributed by atoms with Crippen LogP contribution in [0.15, 0.2) is 4.90 Å². The molecule has 18 heavy (non-hydrogen) atoms. The van der Waals surface area contributed by atoms with Crippen molar-refractivity contribution in [1.29, 1.82) is 0 Å². The maximum Gasteiger partial charge on any atom is 0.126 e. The molecule has 1 aliphatic rings. The van der Waals surface area contributed by atoms with Crippen LogP contribution in [0.1, 0.15) is 42.5 Å². The van der Waals surface area contributed by atoms with E-state index >= 15 is 0 Å². The van der Waals surface area contributed by atoms with E-state index < -0.39 is 11.1 Å². The van der Waals surface area contributed by atoms with Crippen LogP contribution in [-0.2, 0) is 17.5 Å². The first-order valence-electron chi connectivity index (χ1n) is 6.15. The summed E-state index contributed by atoms with van der Waals surface area (Å²) < 4.78 is 28.8. The molecule has 0 bridgehead atoms. The van der Waals surface area contributed by atoms with Gasteiger partial charge >= 0.3 is 0 Å². The highest BCUT2D eigenvalue weighted by atomic mass is 32.2. The zero-order chi connectivity index (χ0) is 13.7. The Balaban J connectivity index is 2.70. The maximum absolute atomic E-state index is 11.4. The van der Waals surface area contributed by atoms with Gasteiger partial charge in [-0.25, -0.2) is 0 Å². The molecule has 0 N–H and O–H groups in total. The van der Waals surface area contributed by atoms with E-state index in [0.29, 0.717) is 4.90 Å². The molecule has 100 valence electrons. The van der Waals surface area contributed by atoms with Crippen molar-refractivity contribution in [2.75, 3.05) is 0 Å². The van der Waals surface area contributed by atoms with Crippen molar-refractivity contribution in [3.05, 3.63) is 22.3 Å². The zero-order valence-corrected chi connectivity index (χ0v) is 12.4. The first kappa shape index (κ1) is 13.6. The van der Waals surface area contributed by atoms with Gasteiger partial charge in [0.1, 0.15) is 11.4 Å². The van der Waals surface area contributed by atoms with Gasteiger partial charge in [-0.3, -0.25) is 4.21 Å². The number of rotatable bonds is 1. The maximum atomic E-state index is 11.4. The minimum atomic E-state index is -2.19.